The number of rotatable bonds is 1. The molecule has 7 aliphatic rings. The molecule has 5 bridgehead atoms. The van der Waals surface area contributed by atoms with Gasteiger partial charge >= 0.3 is 0 Å². The highest BCUT2D eigenvalue weighted by Gasteiger charge is 2.72. The molecular weight excluding hydrogens is 536 g/mol. The van der Waals surface area contributed by atoms with Crippen LogP contribution in [0.5, 0.6) is 5.75 Å². The number of nitrogens with zero attached hydrogens (tertiary/aromatic N) is 3. The second kappa shape index (κ2) is 9.77. The average molecular weight is 583 g/mol. The number of phenolic OH excluding ortho intramolecular Hbond substituents is 1. The van der Waals surface area contributed by atoms with Crippen molar-refractivity contribution in [3.63, 3.8) is 0 Å². The highest BCUT2D eigenvalue weighted by atomic mass is 16.5. The molecule has 2 aromatic rings. The maximum absolute atomic E-state index is 13.2. The van der Waals surface area contributed by atoms with Crippen LogP contribution in [0.2, 0.25) is 0 Å². The van der Waals surface area contributed by atoms with Gasteiger partial charge in [0.2, 0.25) is 0 Å². The van der Waals surface area contributed by atoms with E-state index in [4.69, 9.17) is 9.73 Å². The van der Waals surface area contributed by atoms with Crippen molar-refractivity contribution in [1.82, 2.24) is 14.8 Å². The van der Waals surface area contributed by atoms with Crippen LogP contribution in [-0.4, -0.2) is 86.9 Å². The lowest BCUT2D eigenvalue weighted by Crippen LogP contribution is -2.66. The SMILES string of the molecule is Oc1ccc2[nH]c3c(c2c1)CCN=C3C1=C[C@@]2(O)CC/C=C\CCCCN3CC[C@@H]1[C@@]1(C3)C[C@@]34CC[C@@H](CCCN3[C@H]12)O4. The molecule has 3 N–H and O–H groups in total. The Balaban J connectivity index is 1.24. The molecule has 0 saturated carbocycles. The number of aromatic nitrogens is 1. The van der Waals surface area contributed by atoms with Gasteiger partial charge in [0.15, 0.2) is 0 Å². The highest BCUT2D eigenvalue weighted by molar-refractivity contribution is 6.16. The zero-order valence-electron chi connectivity index (χ0n) is 25.4. The fourth-order valence-corrected chi connectivity index (χ4v) is 10.9. The normalized spacial score (nSPS) is 41.6. The number of aromatic amines is 1. The lowest BCUT2D eigenvalue weighted by molar-refractivity contribution is -0.146. The van der Waals surface area contributed by atoms with Crippen LogP contribution in [0.1, 0.15) is 81.9 Å². The number of aliphatic imine (C=N–C) groups is 1. The van der Waals surface area contributed by atoms with Crippen molar-refractivity contribution in [2.45, 2.75) is 101 Å². The van der Waals surface area contributed by atoms with Crippen LogP contribution >= 0.6 is 0 Å². The zero-order chi connectivity index (χ0) is 28.8. The van der Waals surface area contributed by atoms with E-state index in [0.29, 0.717) is 17.8 Å². The summed E-state index contributed by atoms with van der Waals surface area (Å²) >= 11 is 0. The predicted octanol–water partition coefficient (Wildman–Crippen LogP) is 5.46. The molecule has 1 unspecified atom stereocenters. The third kappa shape index (κ3) is 3.97. The molecule has 1 aromatic heterocycles. The van der Waals surface area contributed by atoms with Gasteiger partial charge in [-0.15, -0.1) is 0 Å². The zero-order valence-corrected chi connectivity index (χ0v) is 25.4. The van der Waals surface area contributed by atoms with Crippen LogP contribution in [0.15, 0.2) is 47.0 Å². The number of aromatic hydroxyl groups is 1. The first-order valence-electron chi connectivity index (χ1n) is 17.1. The van der Waals surface area contributed by atoms with Crippen molar-refractivity contribution < 1.29 is 14.9 Å². The van der Waals surface area contributed by atoms with Gasteiger partial charge in [-0.05, 0) is 131 Å². The summed E-state index contributed by atoms with van der Waals surface area (Å²) in [6, 6.07) is 5.70. The van der Waals surface area contributed by atoms with Gasteiger partial charge in [0.05, 0.1) is 29.2 Å². The first-order chi connectivity index (χ1) is 21.0. The van der Waals surface area contributed by atoms with E-state index >= 15 is 0 Å². The van der Waals surface area contributed by atoms with Crippen molar-refractivity contribution in [2.24, 2.45) is 16.3 Å². The number of H-pyrrole nitrogens is 1. The van der Waals surface area contributed by atoms with E-state index in [1.165, 1.54) is 24.0 Å². The Kier molecular flexibility index (Phi) is 6.12. The van der Waals surface area contributed by atoms with Gasteiger partial charge in [-0.25, -0.2) is 0 Å². The van der Waals surface area contributed by atoms with Crippen molar-refractivity contribution >= 4 is 16.6 Å². The summed E-state index contributed by atoms with van der Waals surface area (Å²) in [5, 5.41) is 24.6. The van der Waals surface area contributed by atoms with Crippen molar-refractivity contribution in [3.8, 4) is 5.75 Å². The number of ether oxygens (including phenoxy) is 1. The Morgan fingerprint density at radius 2 is 1.93 bits per heavy atom. The van der Waals surface area contributed by atoms with E-state index < -0.39 is 5.60 Å². The molecule has 1 aromatic carbocycles. The molecule has 6 aliphatic heterocycles. The minimum Gasteiger partial charge on any atom is -0.508 e. The summed E-state index contributed by atoms with van der Waals surface area (Å²) < 4.78 is 7.08. The van der Waals surface area contributed by atoms with Crippen molar-refractivity contribution in [1.29, 1.82) is 0 Å². The molecule has 7 heteroatoms. The molecule has 0 amide bonds. The van der Waals surface area contributed by atoms with E-state index in [1.807, 2.05) is 12.1 Å². The minimum atomic E-state index is -0.965. The van der Waals surface area contributed by atoms with E-state index in [1.54, 1.807) is 6.07 Å². The fourth-order valence-electron chi connectivity index (χ4n) is 10.9. The van der Waals surface area contributed by atoms with Crippen molar-refractivity contribution in [3.05, 3.63) is 53.3 Å². The molecule has 43 heavy (non-hydrogen) atoms. The topological polar surface area (TPSA) is 84.3 Å². The van der Waals surface area contributed by atoms with E-state index in [2.05, 4.69) is 33.0 Å². The van der Waals surface area contributed by atoms with Gasteiger partial charge in [-0.3, -0.25) is 9.89 Å². The monoisotopic (exact) mass is 582 g/mol. The summed E-state index contributed by atoms with van der Waals surface area (Å²) in [7, 11) is 0. The molecule has 1 aliphatic carbocycles. The maximum Gasteiger partial charge on any atom is 0.123 e. The van der Waals surface area contributed by atoms with Crippen LogP contribution in [0.4, 0.5) is 0 Å². The lowest BCUT2D eigenvalue weighted by Gasteiger charge is -2.58. The van der Waals surface area contributed by atoms with Gasteiger partial charge in [0, 0.05) is 36.0 Å². The summed E-state index contributed by atoms with van der Waals surface area (Å²) in [6.45, 7) is 5.02. The number of piperidine rings is 1. The number of benzene rings is 1. The molecule has 7 atom stereocenters. The summed E-state index contributed by atoms with van der Waals surface area (Å²) in [4.78, 5) is 14.4. The Morgan fingerprint density at radius 1 is 1.00 bits per heavy atom. The Morgan fingerprint density at radius 3 is 2.88 bits per heavy atom. The molecule has 7 nitrogen and oxygen atoms in total. The average Bonchev–Trinajstić information content (AvgIpc) is 3.61. The highest BCUT2D eigenvalue weighted by Crippen LogP contribution is 2.65. The van der Waals surface area contributed by atoms with Crippen LogP contribution in [0.3, 0.4) is 0 Å². The summed E-state index contributed by atoms with van der Waals surface area (Å²) in [6.07, 6.45) is 20.0. The number of aliphatic hydroxyl groups is 1. The molecule has 228 valence electrons. The summed E-state index contributed by atoms with van der Waals surface area (Å²) in [5.74, 6) is 0.625. The lowest BCUT2D eigenvalue weighted by atomic mass is 9.54. The van der Waals surface area contributed by atoms with Gasteiger partial charge in [0.1, 0.15) is 11.5 Å². The fraction of sp³-hybridized carbons (Fsp3) is 0.639. The number of phenols is 1. The number of hydrogen-bond donors (Lipinski definition) is 3. The van der Waals surface area contributed by atoms with Gasteiger partial charge in [-0.1, -0.05) is 12.2 Å². The molecule has 9 rings (SSSR count). The molecule has 4 fully saturated rings. The molecule has 4 saturated heterocycles. The third-order valence-electron chi connectivity index (χ3n) is 12.4. The quantitative estimate of drug-likeness (QED) is 0.389. The number of allylic oxidation sites excluding steroid dienone is 3. The van der Waals surface area contributed by atoms with E-state index in [9.17, 15) is 10.2 Å². The van der Waals surface area contributed by atoms with Gasteiger partial charge in [0.25, 0.3) is 0 Å². The molecule has 2 spiro atoms. The standard InChI is InChI=1S/C36H46N4O3/c41-24-9-10-30-27(20-24)26-12-16-37-31(32(26)38-30)28-21-35(42)14-5-3-1-2-4-6-17-39-19-13-29(28)34(23-39)22-36-15-11-25(43-36)8-7-18-40(36)33(34)35/h1,3,9-10,20-21,25,29,33,38,41-42H,2,4-8,11-19,22-23H2/b3-1-/t25-,29+,33-,34+,35+,36+/m1/s1. The van der Waals surface area contributed by atoms with Crippen molar-refractivity contribution in [2.75, 3.05) is 32.7 Å². The molecule has 0 radical (unpaired) electrons. The second-order valence-electron chi connectivity index (χ2n) is 14.8. The minimum absolute atomic E-state index is 0.0471. The number of fused-ring (bicyclic) bond motifs is 5. The Bertz CT molecular complexity index is 1540. The first kappa shape index (κ1) is 26.9. The van der Waals surface area contributed by atoms with Gasteiger partial charge in [-0.2, -0.15) is 0 Å². The van der Waals surface area contributed by atoms with Crippen LogP contribution in [0.25, 0.3) is 10.9 Å². The molecular formula is C36H46N4O3. The Hall–Kier alpha value is -2.45. The van der Waals surface area contributed by atoms with Crippen LogP contribution in [0, 0.1) is 11.3 Å². The summed E-state index contributed by atoms with van der Waals surface area (Å²) in [5.41, 5.74) is 4.40. The smallest absolute Gasteiger partial charge is 0.123 e. The van der Waals surface area contributed by atoms with Crippen LogP contribution in [-0.2, 0) is 11.2 Å². The van der Waals surface area contributed by atoms with Crippen LogP contribution < -0.4 is 0 Å². The largest absolute Gasteiger partial charge is 0.508 e. The molecule has 7 heterocycles. The third-order valence-corrected chi connectivity index (χ3v) is 12.4. The maximum atomic E-state index is 13.2. The number of nitrogens with one attached hydrogen (secondary N) is 1. The van der Waals surface area contributed by atoms with E-state index in [0.717, 1.165) is 119 Å². The predicted molar refractivity (Wildman–Crippen MR) is 168 cm³/mol. The number of hydrogen-bond acceptors (Lipinski definition) is 6. The first-order valence-corrected chi connectivity index (χ1v) is 17.1. The van der Waals surface area contributed by atoms with Gasteiger partial charge < -0.3 is 24.8 Å². The van der Waals surface area contributed by atoms with E-state index in [-0.39, 0.29) is 17.2 Å². The Labute approximate surface area is 254 Å². The second-order valence-corrected chi connectivity index (χ2v) is 14.8.